The summed E-state index contributed by atoms with van der Waals surface area (Å²) in [6, 6.07) is 0.323. The quantitative estimate of drug-likeness (QED) is 0.705. The highest BCUT2D eigenvalue weighted by Gasteiger charge is 2.14. The van der Waals surface area contributed by atoms with E-state index in [2.05, 4.69) is 30.5 Å². The van der Waals surface area contributed by atoms with Crippen LogP contribution in [0.5, 0.6) is 0 Å². The molecule has 2 nitrogen and oxygen atoms in total. The van der Waals surface area contributed by atoms with Crippen LogP contribution in [-0.2, 0) is 0 Å². The Bertz CT molecular complexity index is 128. The van der Waals surface area contributed by atoms with Gasteiger partial charge in [0.15, 0.2) is 0 Å². The zero-order valence-electron chi connectivity index (χ0n) is 8.12. The third-order valence-corrected chi connectivity index (χ3v) is 3.43. The summed E-state index contributed by atoms with van der Waals surface area (Å²) in [4.78, 5) is 2.49. The van der Waals surface area contributed by atoms with E-state index in [0.29, 0.717) is 6.04 Å². The molecule has 72 valence electrons. The molecule has 2 unspecified atom stereocenters. The molecule has 1 saturated heterocycles. The number of hydrogen-bond donors (Lipinski definition) is 1. The lowest BCUT2D eigenvalue weighted by Crippen LogP contribution is -2.36. The smallest absolute Gasteiger partial charge is 0.0139 e. The van der Waals surface area contributed by atoms with Gasteiger partial charge in [-0.25, -0.2) is 0 Å². The van der Waals surface area contributed by atoms with Gasteiger partial charge in [-0.3, -0.25) is 0 Å². The van der Waals surface area contributed by atoms with E-state index in [1.54, 1.807) is 0 Å². The van der Waals surface area contributed by atoms with Crippen LogP contribution < -0.4 is 5.73 Å². The van der Waals surface area contributed by atoms with Gasteiger partial charge in [-0.15, -0.1) is 0 Å². The molecule has 0 spiro atoms. The Morgan fingerprint density at radius 3 is 3.00 bits per heavy atom. The van der Waals surface area contributed by atoms with Gasteiger partial charge in [0.1, 0.15) is 0 Å². The van der Waals surface area contributed by atoms with E-state index in [-0.39, 0.29) is 0 Å². The maximum absolute atomic E-state index is 5.76. The van der Waals surface area contributed by atoms with E-state index in [0.717, 1.165) is 11.8 Å². The molecule has 3 heteroatoms. The molecular weight excluding hydrogens is 168 g/mol. The second-order valence-electron chi connectivity index (χ2n) is 3.75. The molecule has 0 amide bonds. The first-order valence-electron chi connectivity index (χ1n) is 4.78. The van der Waals surface area contributed by atoms with Gasteiger partial charge < -0.3 is 10.6 Å². The van der Waals surface area contributed by atoms with Gasteiger partial charge >= 0.3 is 0 Å². The minimum atomic E-state index is 0.323. The fraction of sp³-hybridized carbons (Fsp3) is 1.00. The Labute approximate surface area is 79.9 Å². The van der Waals surface area contributed by atoms with Crippen molar-refractivity contribution in [2.75, 3.05) is 25.4 Å². The largest absolute Gasteiger partial charge is 0.327 e. The molecule has 0 aliphatic carbocycles. The van der Waals surface area contributed by atoms with E-state index in [4.69, 9.17) is 5.73 Å². The van der Waals surface area contributed by atoms with Crippen molar-refractivity contribution in [3.05, 3.63) is 0 Å². The van der Waals surface area contributed by atoms with Crippen LogP contribution in [0, 0.1) is 0 Å². The third-order valence-electron chi connectivity index (χ3n) is 2.21. The van der Waals surface area contributed by atoms with Crippen molar-refractivity contribution in [3.63, 3.8) is 0 Å². The predicted octanol–water partition coefficient (Wildman–Crippen LogP) is 1.16. The van der Waals surface area contributed by atoms with Crippen molar-refractivity contribution in [1.29, 1.82) is 0 Å². The summed E-state index contributed by atoms with van der Waals surface area (Å²) in [6.07, 6.45) is 1.32. The summed E-state index contributed by atoms with van der Waals surface area (Å²) in [5, 5.41) is 0.836. The molecule has 0 saturated carbocycles. The Balaban J connectivity index is 2.26. The van der Waals surface area contributed by atoms with E-state index in [1.165, 1.54) is 25.3 Å². The lowest BCUT2D eigenvalue weighted by molar-refractivity contribution is 0.278. The monoisotopic (exact) mass is 188 g/mol. The standard InChI is InChI=1S/C9H20N2S/c1-8(10)7-11-4-3-9(2)12-6-5-11/h8-9H,3-7,10H2,1-2H3. The van der Waals surface area contributed by atoms with Gasteiger partial charge in [0, 0.05) is 30.1 Å². The Morgan fingerprint density at radius 2 is 2.33 bits per heavy atom. The van der Waals surface area contributed by atoms with E-state index in [1.807, 2.05) is 0 Å². The average Bonchev–Trinajstić information content (AvgIpc) is 2.15. The van der Waals surface area contributed by atoms with Gasteiger partial charge in [0.25, 0.3) is 0 Å². The molecule has 0 aromatic carbocycles. The molecule has 1 fully saturated rings. The Morgan fingerprint density at radius 1 is 1.58 bits per heavy atom. The van der Waals surface area contributed by atoms with Gasteiger partial charge in [0.05, 0.1) is 0 Å². The fourth-order valence-corrected chi connectivity index (χ4v) is 2.57. The molecule has 0 bridgehead atoms. The summed E-state index contributed by atoms with van der Waals surface area (Å²) < 4.78 is 0. The number of thioether (sulfide) groups is 1. The second kappa shape index (κ2) is 5.10. The van der Waals surface area contributed by atoms with Crippen molar-refractivity contribution in [2.24, 2.45) is 5.73 Å². The zero-order valence-corrected chi connectivity index (χ0v) is 8.94. The minimum Gasteiger partial charge on any atom is -0.327 e. The first-order chi connectivity index (χ1) is 5.68. The Hall–Kier alpha value is 0.270. The highest BCUT2D eigenvalue weighted by Crippen LogP contribution is 2.18. The lowest BCUT2D eigenvalue weighted by atomic mass is 10.2. The van der Waals surface area contributed by atoms with E-state index in [9.17, 15) is 0 Å². The van der Waals surface area contributed by atoms with Crippen LogP contribution in [-0.4, -0.2) is 41.6 Å². The van der Waals surface area contributed by atoms with Crippen molar-refractivity contribution < 1.29 is 0 Å². The minimum absolute atomic E-state index is 0.323. The predicted molar refractivity (Wildman–Crippen MR) is 56.6 cm³/mol. The number of nitrogens with two attached hydrogens (primary N) is 1. The number of rotatable bonds is 2. The zero-order chi connectivity index (χ0) is 8.97. The summed E-state index contributed by atoms with van der Waals surface area (Å²) in [5.41, 5.74) is 5.76. The molecule has 12 heavy (non-hydrogen) atoms. The molecule has 0 radical (unpaired) electrons. The Kier molecular flexibility index (Phi) is 4.40. The van der Waals surface area contributed by atoms with Crippen LogP contribution in [0.1, 0.15) is 20.3 Å². The summed E-state index contributed by atoms with van der Waals surface area (Å²) in [5.74, 6) is 1.27. The van der Waals surface area contributed by atoms with E-state index < -0.39 is 0 Å². The van der Waals surface area contributed by atoms with Crippen molar-refractivity contribution >= 4 is 11.8 Å². The fourth-order valence-electron chi connectivity index (χ4n) is 1.53. The van der Waals surface area contributed by atoms with Gasteiger partial charge in [-0.1, -0.05) is 6.92 Å². The van der Waals surface area contributed by atoms with Crippen LogP contribution in [0.15, 0.2) is 0 Å². The van der Waals surface area contributed by atoms with Crippen LogP contribution in [0.4, 0.5) is 0 Å². The summed E-state index contributed by atoms with van der Waals surface area (Å²) in [6.45, 7) is 7.92. The lowest BCUT2D eigenvalue weighted by Gasteiger charge is -2.21. The van der Waals surface area contributed by atoms with Crippen LogP contribution in [0.2, 0.25) is 0 Å². The maximum Gasteiger partial charge on any atom is 0.0139 e. The van der Waals surface area contributed by atoms with Gasteiger partial charge in [-0.05, 0) is 19.9 Å². The molecule has 1 rings (SSSR count). The second-order valence-corrected chi connectivity index (χ2v) is 5.29. The molecule has 1 heterocycles. The third kappa shape index (κ3) is 3.78. The highest BCUT2D eigenvalue weighted by atomic mass is 32.2. The number of nitrogens with zero attached hydrogens (tertiary/aromatic N) is 1. The van der Waals surface area contributed by atoms with Gasteiger partial charge in [0.2, 0.25) is 0 Å². The first-order valence-corrected chi connectivity index (χ1v) is 5.83. The van der Waals surface area contributed by atoms with Crippen molar-refractivity contribution in [1.82, 2.24) is 4.90 Å². The molecule has 0 aromatic heterocycles. The molecule has 1 aliphatic heterocycles. The first kappa shape index (κ1) is 10.4. The summed E-state index contributed by atoms with van der Waals surface area (Å²) in [7, 11) is 0. The molecule has 0 aromatic rings. The topological polar surface area (TPSA) is 29.3 Å². The van der Waals surface area contributed by atoms with Crippen LogP contribution >= 0.6 is 11.8 Å². The van der Waals surface area contributed by atoms with E-state index >= 15 is 0 Å². The maximum atomic E-state index is 5.76. The normalized spacial score (nSPS) is 29.8. The molecule has 2 atom stereocenters. The summed E-state index contributed by atoms with van der Waals surface area (Å²) >= 11 is 2.09. The average molecular weight is 188 g/mol. The van der Waals surface area contributed by atoms with Gasteiger partial charge in [-0.2, -0.15) is 11.8 Å². The van der Waals surface area contributed by atoms with Crippen LogP contribution in [0.25, 0.3) is 0 Å². The van der Waals surface area contributed by atoms with Crippen molar-refractivity contribution in [3.8, 4) is 0 Å². The SMILES string of the molecule is CC(N)CN1CCSC(C)CC1. The molecule has 1 aliphatic rings. The number of hydrogen-bond acceptors (Lipinski definition) is 3. The van der Waals surface area contributed by atoms with Crippen LogP contribution in [0.3, 0.4) is 0 Å². The van der Waals surface area contributed by atoms with Crippen molar-refractivity contribution in [2.45, 2.75) is 31.6 Å². The highest BCUT2D eigenvalue weighted by molar-refractivity contribution is 7.99. The molecule has 2 N–H and O–H groups in total. The molecular formula is C9H20N2S.